The lowest BCUT2D eigenvalue weighted by atomic mass is 10.2. The Bertz CT molecular complexity index is 737. The zero-order chi connectivity index (χ0) is 15.5. The number of rotatable bonds is 5. The van der Waals surface area contributed by atoms with Crippen LogP contribution in [0.3, 0.4) is 0 Å². The van der Waals surface area contributed by atoms with Crippen molar-refractivity contribution in [2.45, 2.75) is 11.8 Å². The van der Waals surface area contributed by atoms with Crippen molar-refractivity contribution in [2.24, 2.45) is 0 Å². The minimum atomic E-state index is -3.93. The highest BCUT2D eigenvalue weighted by Gasteiger charge is 2.19. The topological polar surface area (TPSA) is 61.8 Å². The fraction of sp³-hybridized carbons (Fsp3) is 0.200. The maximum Gasteiger partial charge on any atom is 0.339 e. The van der Waals surface area contributed by atoms with Gasteiger partial charge in [-0.3, -0.25) is 0 Å². The second-order valence-electron chi connectivity index (χ2n) is 4.32. The Morgan fingerprint density at radius 1 is 0.857 bits per heavy atom. The molecule has 6 heteroatoms. The summed E-state index contributed by atoms with van der Waals surface area (Å²) in [7, 11) is -0.949. The van der Waals surface area contributed by atoms with Crippen LogP contribution in [0.25, 0.3) is 0 Å². The molecular weight excluding hydrogens is 292 g/mol. The number of hydrogen-bond donors (Lipinski definition) is 0. The first-order valence-electron chi connectivity index (χ1n) is 6.20. The molecule has 0 spiro atoms. The number of benzene rings is 2. The van der Waals surface area contributed by atoms with Crippen LogP contribution < -0.4 is 13.7 Å². The molecule has 0 N–H and O–H groups in total. The lowest BCUT2D eigenvalue weighted by Gasteiger charge is -2.11. The summed E-state index contributed by atoms with van der Waals surface area (Å²) in [5.74, 6) is 1.12. The monoisotopic (exact) mass is 308 g/mol. The summed E-state index contributed by atoms with van der Waals surface area (Å²) >= 11 is 0. The number of para-hydroxylation sites is 2. The SMILES string of the molecule is COc1ccc(S(=O)(=O)Oc2ccccc2OC)cc1C. The molecule has 2 aromatic rings. The van der Waals surface area contributed by atoms with E-state index in [1.165, 1.54) is 32.4 Å². The molecule has 0 aromatic heterocycles. The quantitative estimate of drug-likeness (QED) is 0.795. The molecular formula is C15H16O5S. The van der Waals surface area contributed by atoms with Crippen LogP contribution >= 0.6 is 0 Å². The third-order valence-corrected chi connectivity index (χ3v) is 4.15. The van der Waals surface area contributed by atoms with E-state index in [-0.39, 0.29) is 10.6 Å². The van der Waals surface area contributed by atoms with Gasteiger partial charge in [-0.15, -0.1) is 0 Å². The van der Waals surface area contributed by atoms with Crippen LogP contribution in [0.4, 0.5) is 0 Å². The lowest BCUT2D eigenvalue weighted by molar-refractivity contribution is 0.390. The van der Waals surface area contributed by atoms with Crippen molar-refractivity contribution in [1.29, 1.82) is 0 Å². The Kier molecular flexibility index (Phi) is 4.37. The van der Waals surface area contributed by atoms with Crippen LogP contribution in [0.1, 0.15) is 5.56 Å². The van der Waals surface area contributed by atoms with Gasteiger partial charge in [-0.05, 0) is 42.8 Å². The number of hydrogen-bond acceptors (Lipinski definition) is 5. The highest BCUT2D eigenvalue weighted by Crippen LogP contribution is 2.30. The van der Waals surface area contributed by atoms with Crippen LogP contribution in [-0.2, 0) is 10.1 Å². The van der Waals surface area contributed by atoms with Crippen molar-refractivity contribution >= 4 is 10.1 Å². The zero-order valence-corrected chi connectivity index (χ0v) is 12.8. The second kappa shape index (κ2) is 6.05. The van der Waals surface area contributed by atoms with Crippen LogP contribution in [0.5, 0.6) is 17.2 Å². The van der Waals surface area contributed by atoms with Crippen molar-refractivity contribution in [3.8, 4) is 17.2 Å². The molecule has 0 bridgehead atoms. The van der Waals surface area contributed by atoms with Crippen molar-refractivity contribution in [1.82, 2.24) is 0 Å². The molecule has 21 heavy (non-hydrogen) atoms. The number of aryl methyl sites for hydroxylation is 1. The van der Waals surface area contributed by atoms with Gasteiger partial charge < -0.3 is 13.7 Å². The maximum absolute atomic E-state index is 12.3. The largest absolute Gasteiger partial charge is 0.496 e. The highest BCUT2D eigenvalue weighted by molar-refractivity contribution is 7.87. The predicted octanol–water partition coefficient (Wildman–Crippen LogP) is 2.78. The molecule has 0 saturated heterocycles. The van der Waals surface area contributed by atoms with Crippen molar-refractivity contribution in [2.75, 3.05) is 14.2 Å². The van der Waals surface area contributed by atoms with E-state index in [9.17, 15) is 8.42 Å². The molecule has 2 rings (SSSR count). The van der Waals surface area contributed by atoms with Crippen LogP contribution in [0, 0.1) is 6.92 Å². The molecule has 0 unspecified atom stereocenters. The zero-order valence-electron chi connectivity index (χ0n) is 12.0. The minimum Gasteiger partial charge on any atom is -0.496 e. The van der Waals surface area contributed by atoms with E-state index < -0.39 is 10.1 Å². The first-order valence-corrected chi connectivity index (χ1v) is 7.61. The molecule has 0 heterocycles. The summed E-state index contributed by atoms with van der Waals surface area (Å²) in [6.07, 6.45) is 0. The molecule has 0 atom stereocenters. The Morgan fingerprint density at radius 3 is 2.05 bits per heavy atom. The maximum atomic E-state index is 12.3. The number of methoxy groups -OCH3 is 2. The molecule has 112 valence electrons. The second-order valence-corrected chi connectivity index (χ2v) is 5.87. The minimum absolute atomic E-state index is 0.0618. The van der Waals surface area contributed by atoms with E-state index in [4.69, 9.17) is 13.7 Å². The van der Waals surface area contributed by atoms with Gasteiger partial charge in [0.2, 0.25) is 0 Å². The van der Waals surface area contributed by atoms with E-state index in [1.807, 2.05) is 0 Å². The lowest BCUT2D eigenvalue weighted by Crippen LogP contribution is -2.10. The van der Waals surface area contributed by atoms with Crippen LogP contribution in [-0.4, -0.2) is 22.6 Å². The third kappa shape index (κ3) is 3.28. The van der Waals surface area contributed by atoms with Gasteiger partial charge in [0.15, 0.2) is 11.5 Å². The summed E-state index contributed by atoms with van der Waals surface area (Å²) in [5.41, 5.74) is 0.710. The van der Waals surface area contributed by atoms with Gasteiger partial charge >= 0.3 is 10.1 Å². The van der Waals surface area contributed by atoms with Gasteiger partial charge in [-0.1, -0.05) is 12.1 Å². The third-order valence-electron chi connectivity index (χ3n) is 2.92. The smallest absolute Gasteiger partial charge is 0.339 e. The van der Waals surface area contributed by atoms with E-state index in [2.05, 4.69) is 0 Å². The summed E-state index contributed by atoms with van der Waals surface area (Å²) in [6, 6.07) is 11.1. The van der Waals surface area contributed by atoms with Crippen LogP contribution in [0.15, 0.2) is 47.4 Å². The number of ether oxygens (including phenoxy) is 2. The van der Waals surface area contributed by atoms with Gasteiger partial charge in [0, 0.05) is 0 Å². The average Bonchev–Trinajstić information content (AvgIpc) is 2.47. The van der Waals surface area contributed by atoms with Crippen molar-refractivity contribution in [3.05, 3.63) is 48.0 Å². The van der Waals surface area contributed by atoms with E-state index in [1.54, 1.807) is 31.2 Å². The van der Waals surface area contributed by atoms with Gasteiger partial charge in [-0.2, -0.15) is 8.42 Å². The van der Waals surface area contributed by atoms with Gasteiger partial charge in [0.25, 0.3) is 0 Å². The fourth-order valence-electron chi connectivity index (χ4n) is 1.86. The average molecular weight is 308 g/mol. The molecule has 5 nitrogen and oxygen atoms in total. The Labute approximate surface area is 124 Å². The summed E-state index contributed by atoms with van der Waals surface area (Å²) in [5, 5.41) is 0. The molecule has 0 saturated carbocycles. The van der Waals surface area contributed by atoms with Crippen molar-refractivity contribution in [3.63, 3.8) is 0 Å². The van der Waals surface area contributed by atoms with E-state index in [0.717, 1.165) is 0 Å². The van der Waals surface area contributed by atoms with E-state index in [0.29, 0.717) is 17.1 Å². The predicted molar refractivity (Wildman–Crippen MR) is 78.5 cm³/mol. The molecule has 0 aliphatic rings. The summed E-state index contributed by atoms with van der Waals surface area (Å²) < 4.78 is 39.9. The molecule has 2 aromatic carbocycles. The van der Waals surface area contributed by atoms with Crippen LogP contribution in [0.2, 0.25) is 0 Å². The Morgan fingerprint density at radius 2 is 1.48 bits per heavy atom. The van der Waals surface area contributed by atoms with Gasteiger partial charge in [0.1, 0.15) is 10.6 Å². The fourth-order valence-corrected chi connectivity index (χ4v) is 2.89. The molecule has 0 aliphatic heterocycles. The van der Waals surface area contributed by atoms with Gasteiger partial charge in [-0.25, -0.2) is 0 Å². The summed E-state index contributed by atoms with van der Waals surface area (Å²) in [6.45, 7) is 1.76. The Balaban J connectivity index is 2.36. The molecule has 0 amide bonds. The normalized spacial score (nSPS) is 11.0. The summed E-state index contributed by atoms with van der Waals surface area (Å²) in [4.78, 5) is 0.0618. The standard InChI is InChI=1S/C15H16O5S/c1-11-10-12(8-9-13(11)18-2)21(16,17)20-15-7-5-4-6-14(15)19-3/h4-10H,1-3H3. The van der Waals surface area contributed by atoms with Gasteiger partial charge in [0.05, 0.1) is 14.2 Å². The molecule has 0 radical (unpaired) electrons. The molecule has 0 fully saturated rings. The molecule has 0 aliphatic carbocycles. The Hall–Kier alpha value is -2.21. The first-order chi connectivity index (χ1) is 9.97. The highest BCUT2D eigenvalue weighted by atomic mass is 32.2. The van der Waals surface area contributed by atoms with Crippen molar-refractivity contribution < 1.29 is 22.1 Å². The first kappa shape index (κ1) is 15.2. The van der Waals surface area contributed by atoms with E-state index >= 15 is 0 Å².